The SMILES string of the molecule is COc1nc(-c2cccc(-c3cccc(-c4cc5c(c(OC)n4)C(NCC4CCC(=O)N4)CC5)c3Cl)c2F)cc2c1C(NCC1CCC(=O)N1)CC2. The van der Waals surface area contributed by atoms with Gasteiger partial charge in [-0.2, -0.15) is 0 Å². The number of carbonyl (C=O) groups excluding carboxylic acids is 2. The van der Waals surface area contributed by atoms with Gasteiger partial charge in [-0.25, -0.2) is 14.4 Å². The van der Waals surface area contributed by atoms with E-state index in [4.69, 9.17) is 31.0 Å². The van der Waals surface area contributed by atoms with Gasteiger partial charge in [-0.1, -0.05) is 41.9 Å². The fourth-order valence-electron chi connectivity index (χ4n) is 8.31. The van der Waals surface area contributed by atoms with Crippen LogP contribution in [0, 0.1) is 5.82 Å². The molecule has 0 spiro atoms. The van der Waals surface area contributed by atoms with Gasteiger partial charge < -0.3 is 30.7 Å². The lowest BCUT2D eigenvalue weighted by molar-refractivity contribution is -0.120. The van der Waals surface area contributed by atoms with Crippen LogP contribution in [-0.4, -0.2) is 61.2 Å². The zero-order valence-corrected chi connectivity index (χ0v) is 30.0. The molecule has 2 aliphatic carbocycles. The monoisotopic (exact) mass is 724 g/mol. The average molecular weight is 725 g/mol. The van der Waals surface area contributed by atoms with Gasteiger partial charge in [0, 0.05) is 83.5 Å². The first-order valence-corrected chi connectivity index (χ1v) is 18.5. The number of hydrogen-bond acceptors (Lipinski definition) is 8. The lowest BCUT2D eigenvalue weighted by atomic mass is 9.96. The molecule has 2 aromatic carbocycles. The van der Waals surface area contributed by atoms with E-state index >= 15 is 4.39 Å². The molecule has 2 aromatic heterocycles. The molecule has 10 nitrogen and oxygen atoms in total. The molecule has 4 aliphatic rings. The molecule has 0 bridgehead atoms. The second kappa shape index (κ2) is 14.4. The number of methoxy groups -OCH3 is 2. The summed E-state index contributed by atoms with van der Waals surface area (Å²) in [5.74, 6) is 0.779. The number of aromatic nitrogens is 2. The van der Waals surface area contributed by atoms with Crippen molar-refractivity contribution in [1.82, 2.24) is 31.2 Å². The topological polar surface area (TPSA) is 126 Å². The Bertz CT molecular complexity index is 1910. The second-order valence-corrected chi connectivity index (χ2v) is 14.5. The third-order valence-electron chi connectivity index (χ3n) is 10.9. The van der Waals surface area contributed by atoms with Crippen LogP contribution in [0.1, 0.15) is 72.9 Å². The quantitative estimate of drug-likeness (QED) is 0.149. The number of carbonyl (C=O) groups is 2. The molecule has 4 heterocycles. The van der Waals surface area contributed by atoms with Crippen LogP contribution < -0.4 is 30.7 Å². The van der Waals surface area contributed by atoms with Gasteiger partial charge in [0.15, 0.2) is 0 Å². The van der Waals surface area contributed by atoms with E-state index < -0.39 is 5.82 Å². The zero-order valence-electron chi connectivity index (χ0n) is 29.3. The Hall–Kier alpha value is -4.58. The van der Waals surface area contributed by atoms with Gasteiger partial charge in [0.2, 0.25) is 23.6 Å². The van der Waals surface area contributed by atoms with Crippen molar-refractivity contribution in [2.75, 3.05) is 27.3 Å². The van der Waals surface area contributed by atoms with Gasteiger partial charge in [-0.05, 0) is 67.9 Å². The Kier molecular flexibility index (Phi) is 9.58. The van der Waals surface area contributed by atoms with E-state index in [1.54, 1.807) is 26.4 Å². The summed E-state index contributed by atoms with van der Waals surface area (Å²) in [5.41, 5.74) is 7.33. The van der Waals surface area contributed by atoms with Crippen LogP contribution in [-0.2, 0) is 22.4 Å². The average Bonchev–Trinajstić information content (AvgIpc) is 3.96. The molecule has 4 atom stereocenters. The van der Waals surface area contributed by atoms with Crippen LogP contribution >= 0.6 is 11.6 Å². The molecule has 2 aliphatic heterocycles. The molecule has 4 N–H and O–H groups in total. The number of benzene rings is 2. The lowest BCUT2D eigenvalue weighted by Crippen LogP contribution is -2.37. The van der Waals surface area contributed by atoms with E-state index in [1.165, 1.54) is 0 Å². The van der Waals surface area contributed by atoms with Gasteiger partial charge in [0.25, 0.3) is 0 Å². The highest BCUT2D eigenvalue weighted by molar-refractivity contribution is 6.36. The largest absolute Gasteiger partial charge is 0.481 e. The number of hydrogen-bond donors (Lipinski definition) is 4. The maximum absolute atomic E-state index is 16.6. The van der Waals surface area contributed by atoms with Gasteiger partial charge in [0.1, 0.15) is 5.82 Å². The molecule has 2 amide bonds. The highest BCUT2D eigenvalue weighted by Crippen LogP contribution is 2.44. The number of rotatable bonds is 11. The van der Waals surface area contributed by atoms with Crippen molar-refractivity contribution in [2.24, 2.45) is 0 Å². The lowest BCUT2D eigenvalue weighted by Gasteiger charge is -2.20. The molecule has 52 heavy (non-hydrogen) atoms. The first-order chi connectivity index (χ1) is 25.3. The Labute approximate surface area is 307 Å². The summed E-state index contributed by atoms with van der Waals surface area (Å²) in [6, 6.07) is 15.2. The standard InChI is InChI=1S/C40H42ClFN6O4/c1-51-39-35-21(9-13-29(35)43-19-23-11-15-33(49)45-23)17-31(47-39)27-7-3-5-25(37(27)41)26-6-4-8-28(38(26)42)32-18-22-10-14-30(36(22)40(48-32)52-2)44-20-24-12-16-34(50)46-24/h3-8,17-18,23-24,29-30,43-44H,9-16,19-20H2,1-2H3,(H,45,49)(H,46,50). The Balaban J connectivity index is 1.07. The minimum atomic E-state index is -0.424. The minimum Gasteiger partial charge on any atom is -0.481 e. The van der Waals surface area contributed by atoms with Crippen LogP contribution in [0.4, 0.5) is 4.39 Å². The van der Waals surface area contributed by atoms with Crippen LogP contribution in [0.25, 0.3) is 33.6 Å². The Morgan fingerprint density at radius 3 is 1.69 bits per heavy atom. The molecule has 4 unspecified atom stereocenters. The third-order valence-corrected chi connectivity index (χ3v) is 11.3. The fourth-order valence-corrected chi connectivity index (χ4v) is 8.64. The first kappa shape index (κ1) is 34.5. The number of halogens is 2. The normalized spacial score (nSPS) is 21.9. The van der Waals surface area contributed by atoms with Crippen molar-refractivity contribution in [2.45, 2.75) is 75.5 Å². The molecule has 2 fully saturated rings. The first-order valence-electron chi connectivity index (χ1n) is 18.1. The highest BCUT2D eigenvalue weighted by Gasteiger charge is 2.32. The maximum Gasteiger partial charge on any atom is 0.220 e. The molecule has 2 saturated heterocycles. The van der Waals surface area contributed by atoms with Crippen LogP contribution in [0.15, 0.2) is 48.5 Å². The van der Waals surface area contributed by atoms with Gasteiger partial charge >= 0.3 is 0 Å². The second-order valence-electron chi connectivity index (χ2n) is 14.1. The van der Waals surface area contributed by atoms with E-state index in [1.807, 2.05) is 30.3 Å². The Morgan fingerprint density at radius 1 is 0.712 bits per heavy atom. The highest BCUT2D eigenvalue weighted by atomic mass is 35.5. The van der Waals surface area contributed by atoms with E-state index in [9.17, 15) is 9.59 Å². The predicted molar refractivity (Wildman–Crippen MR) is 197 cm³/mol. The predicted octanol–water partition coefficient (Wildman–Crippen LogP) is 6.00. The van der Waals surface area contributed by atoms with Crippen LogP contribution in [0.3, 0.4) is 0 Å². The zero-order chi connectivity index (χ0) is 35.9. The minimum absolute atomic E-state index is 0.0384. The summed E-state index contributed by atoms with van der Waals surface area (Å²) < 4.78 is 28.2. The van der Waals surface area contributed by atoms with Crippen molar-refractivity contribution in [3.05, 3.63) is 81.6 Å². The molecular weight excluding hydrogens is 683 g/mol. The number of nitrogens with one attached hydrogen (secondary N) is 4. The molecule has 4 aromatic rings. The van der Waals surface area contributed by atoms with Crippen molar-refractivity contribution in [3.8, 4) is 45.4 Å². The van der Waals surface area contributed by atoms with Crippen LogP contribution in [0.2, 0.25) is 5.02 Å². The smallest absolute Gasteiger partial charge is 0.220 e. The number of aryl methyl sites for hydroxylation is 2. The van der Waals surface area contributed by atoms with E-state index in [0.717, 1.165) is 60.8 Å². The molecule has 8 rings (SSSR count). The summed E-state index contributed by atoms with van der Waals surface area (Å²) in [7, 11) is 3.21. The number of ether oxygens (including phenoxy) is 2. The summed E-state index contributed by atoms with van der Waals surface area (Å²) in [5, 5.41) is 13.6. The molecule has 270 valence electrons. The fraction of sp³-hybridized carbons (Fsp3) is 0.400. The summed E-state index contributed by atoms with van der Waals surface area (Å²) >= 11 is 7.12. The van der Waals surface area contributed by atoms with E-state index in [2.05, 4.69) is 27.3 Å². The molecule has 0 saturated carbocycles. The van der Waals surface area contributed by atoms with Gasteiger partial charge in [-0.3, -0.25) is 9.59 Å². The van der Waals surface area contributed by atoms with Gasteiger partial charge in [-0.15, -0.1) is 0 Å². The number of amides is 2. The molecule has 0 radical (unpaired) electrons. The molecular formula is C40H42ClFN6O4. The van der Waals surface area contributed by atoms with Crippen LogP contribution in [0.5, 0.6) is 11.8 Å². The summed E-state index contributed by atoms with van der Waals surface area (Å²) in [6.45, 7) is 1.36. The van der Waals surface area contributed by atoms with E-state index in [-0.39, 0.29) is 36.0 Å². The summed E-state index contributed by atoms with van der Waals surface area (Å²) in [4.78, 5) is 33.0. The summed E-state index contributed by atoms with van der Waals surface area (Å²) in [6.07, 6.45) is 6.18. The maximum atomic E-state index is 16.6. The van der Waals surface area contributed by atoms with Crippen molar-refractivity contribution < 1.29 is 23.5 Å². The number of nitrogens with zero attached hydrogens (tertiary/aromatic N) is 2. The number of fused-ring (bicyclic) bond motifs is 2. The van der Waals surface area contributed by atoms with Crippen molar-refractivity contribution in [1.29, 1.82) is 0 Å². The Morgan fingerprint density at radius 2 is 1.19 bits per heavy atom. The van der Waals surface area contributed by atoms with E-state index in [0.29, 0.717) is 76.4 Å². The molecule has 12 heteroatoms. The van der Waals surface area contributed by atoms with Crippen molar-refractivity contribution >= 4 is 23.4 Å². The van der Waals surface area contributed by atoms with Crippen molar-refractivity contribution in [3.63, 3.8) is 0 Å². The van der Waals surface area contributed by atoms with Gasteiger partial charge in [0.05, 0.1) is 30.6 Å². The number of pyridine rings is 2. The third kappa shape index (κ3) is 6.50.